The largest absolute Gasteiger partial charge is 0.493 e. The molecule has 8 nitrogen and oxygen atoms in total. The van der Waals surface area contributed by atoms with E-state index >= 15 is 0 Å². The second kappa shape index (κ2) is 13.8. The molecule has 1 aliphatic heterocycles. The molecule has 0 unspecified atom stereocenters. The number of carbonyl (C=O) groups excluding carboxylic acids is 2. The van der Waals surface area contributed by atoms with Crippen LogP contribution in [-0.2, 0) is 19.0 Å². The maximum Gasteiger partial charge on any atom is 0.407 e. The van der Waals surface area contributed by atoms with Crippen molar-refractivity contribution >= 4 is 12.1 Å². The van der Waals surface area contributed by atoms with E-state index in [1.807, 2.05) is 32.9 Å². The highest BCUT2D eigenvalue weighted by Gasteiger charge is 2.30. The van der Waals surface area contributed by atoms with Crippen molar-refractivity contribution in [3.05, 3.63) is 29.8 Å². The number of hydrogen-bond donors (Lipinski definition) is 2. The number of rotatable bonds is 10. The Kier molecular flexibility index (Phi) is 10.9. The number of para-hydroxylation sites is 1. The molecule has 1 aromatic rings. The smallest absolute Gasteiger partial charge is 0.407 e. The molecule has 202 valence electrons. The molecule has 8 heteroatoms. The first kappa shape index (κ1) is 28.3. The normalized spacial score (nSPS) is 24.6. The lowest BCUT2D eigenvalue weighted by Gasteiger charge is -2.36. The second-order valence-electron chi connectivity index (χ2n) is 10.8. The Bertz CT molecular complexity index is 832. The molecule has 1 saturated heterocycles. The second-order valence-corrected chi connectivity index (χ2v) is 10.8. The molecule has 0 spiro atoms. The average Bonchev–Trinajstić information content (AvgIpc) is 2.85. The Morgan fingerprint density at radius 2 is 1.83 bits per heavy atom. The molecular weight excluding hydrogens is 460 g/mol. The van der Waals surface area contributed by atoms with Crippen LogP contribution in [0, 0.1) is 0 Å². The summed E-state index contributed by atoms with van der Waals surface area (Å²) in [6, 6.07) is 8.32. The molecule has 2 atom stereocenters. The molecule has 1 amide bonds. The van der Waals surface area contributed by atoms with Crippen molar-refractivity contribution in [2.24, 2.45) is 0 Å². The summed E-state index contributed by atoms with van der Waals surface area (Å²) in [5, 5.41) is 6.55. The van der Waals surface area contributed by atoms with Crippen molar-refractivity contribution in [1.29, 1.82) is 0 Å². The number of methoxy groups -OCH3 is 1. The topological polar surface area (TPSA) is 95.1 Å². The predicted molar refractivity (Wildman–Crippen MR) is 138 cm³/mol. The number of piperidine rings is 1. The fraction of sp³-hybridized carbons (Fsp3) is 0.714. The number of ether oxygens (including phenoxy) is 4. The molecular formula is C28H44N2O6. The summed E-state index contributed by atoms with van der Waals surface area (Å²) in [6.45, 7) is 7.63. The number of alkyl carbamates (subject to hydrolysis) is 1. The number of carbonyl (C=O) groups is 2. The lowest BCUT2D eigenvalue weighted by atomic mass is 9.82. The van der Waals surface area contributed by atoms with Gasteiger partial charge in [0.2, 0.25) is 0 Å². The SMILES string of the molecule is COC(=O)CCCOc1ccccc1C1CCC(OC[C@@H]2NCCC[C@@H]2NC(=O)OC(C)(C)C)CC1. The number of benzene rings is 1. The maximum atomic E-state index is 12.3. The quantitative estimate of drug-likeness (QED) is 0.352. The third-order valence-electron chi connectivity index (χ3n) is 6.84. The molecule has 1 heterocycles. The van der Waals surface area contributed by atoms with Crippen LogP contribution in [0.1, 0.15) is 83.6 Å². The van der Waals surface area contributed by atoms with E-state index in [2.05, 4.69) is 22.8 Å². The van der Waals surface area contributed by atoms with Crippen LogP contribution in [0.3, 0.4) is 0 Å². The van der Waals surface area contributed by atoms with Gasteiger partial charge in [0.1, 0.15) is 11.4 Å². The zero-order chi connectivity index (χ0) is 26.0. The third kappa shape index (κ3) is 9.28. The maximum absolute atomic E-state index is 12.3. The van der Waals surface area contributed by atoms with E-state index in [0.717, 1.165) is 50.8 Å². The summed E-state index contributed by atoms with van der Waals surface area (Å²) in [4.78, 5) is 23.6. The van der Waals surface area contributed by atoms with E-state index in [1.165, 1.54) is 12.7 Å². The van der Waals surface area contributed by atoms with Crippen molar-refractivity contribution in [3.8, 4) is 5.75 Å². The van der Waals surface area contributed by atoms with Crippen molar-refractivity contribution < 1.29 is 28.5 Å². The van der Waals surface area contributed by atoms with E-state index in [1.54, 1.807) is 0 Å². The van der Waals surface area contributed by atoms with Gasteiger partial charge in [-0.3, -0.25) is 4.79 Å². The van der Waals surface area contributed by atoms with Crippen molar-refractivity contribution in [2.45, 2.75) is 102 Å². The first-order valence-electron chi connectivity index (χ1n) is 13.4. The van der Waals surface area contributed by atoms with E-state index in [9.17, 15) is 9.59 Å². The van der Waals surface area contributed by atoms with Gasteiger partial charge in [0.15, 0.2) is 0 Å². The highest BCUT2D eigenvalue weighted by molar-refractivity contribution is 5.69. The van der Waals surface area contributed by atoms with E-state index in [4.69, 9.17) is 18.9 Å². The molecule has 0 radical (unpaired) electrons. The minimum absolute atomic E-state index is 0.00754. The van der Waals surface area contributed by atoms with Gasteiger partial charge in [-0.1, -0.05) is 18.2 Å². The van der Waals surface area contributed by atoms with Crippen LogP contribution in [0.5, 0.6) is 5.75 Å². The van der Waals surface area contributed by atoms with Crippen LogP contribution in [0.4, 0.5) is 4.79 Å². The van der Waals surface area contributed by atoms with Crippen LogP contribution < -0.4 is 15.4 Å². The van der Waals surface area contributed by atoms with Crippen molar-refractivity contribution in [2.75, 3.05) is 26.9 Å². The highest BCUT2D eigenvalue weighted by Crippen LogP contribution is 2.38. The van der Waals surface area contributed by atoms with Gasteiger partial charge in [-0.05, 0) is 89.8 Å². The Morgan fingerprint density at radius 3 is 2.56 bits per heavy atom. The Labute approximate surface area is 215 Å². The van der Waals surface area contributed by atoms with Gasteiger partial charge in [0, 0.05) is 12.5 Å². The zero-order valence-electron chi connectivity index (χ0n) is 22.3. The van der Waals surface area contributed by atoms with Gasteiger partial charge in [-0.15, -0.1) is 0 Å². The van der Waals surface area contributed by atoms with Gasteiger partial charge in [-0.25, -0.2) is 4.79 Å². The molecule has 2 aliphatic rings. The van der Waals surface area contributed by atoms with Gasteiger partial charge >= 0.3 is 12.1 Å². The minimum atomic E-state index is -0.510. The molecule has 0 bridgehead atoms. The number of hydrogen-bond acceptors (Lipinski definition) is 7. The highest BCUT2D eigenvalue weighted by atomic mass is 16.6. The van der Waals surface area contributed by atoms with Crippen LogP contribution in [-0.4, -0.2) is 62.7 Å². The van der Waals surface area contributed by atoms with Crippen LogP contribution in [0.25, 0.3) is 0 Å². The molecule has 1 aromatic carbocycles. The van der Waals surface area contributed by atoms with E-state index in [0.29, 0.717) is 32.0 Å². The molecule has 0 aromatic heterocycles. The van der Waals surface area contributed by atoms with Crippen LogP contribution >= 0.6 is 0 Å². The zero-order valence-corrected chi connectivity index (χ0v) is 22.3. The van der Waals surface area contributed by atoms with Crippen molar-refractivity contribution in [1.82, 2.24) is 10.6 Å². The summed E-state index contributed by atoms with van der Waals surface area (Å²) < 4.78 is 22.5. The van der Waals surface area contributed by atoms with Crippen LogP contribution in [0.2, 0.25) is 0 Å². The molecule has 3 rings (SSSR count). The van der Waals surface area contributed by atoms with Gasteiger partial charge in [-0.2, -0.15) is 0 Å². The summed E-state index contributed by atoms with van der Waals surface area (Å²) in [5.41, 5.74) is 0.730. The predicted octanol–water partition coefficient (Wildman–Crippen LogP) is 4.71. The monoisotopic (exact) mass is 504 g/mol. The summed E-state index contributed by atoms with van der Waals surface area (Å²) >= 11 is 0. The van der Waals surface area contributed by atoms with Crippen LogP contribution in [0.15, 0.2) is 24.3 Å². The molecule has 1 saturated carbocycles. The number of nitrogens with one attached hydrogen (secondary N) is 2. The Balaban J connectivity index is 1.44. The lowest BCUT2D eigenvalue weighted by molar-refractivity contribution is -0.140. The fourth-order valence-electron chi connectivity index (χ4n) is 4.99. The summed E-state index contributed by atoms with van der Waals surface area (Å²) in [5.74, 6) is 1.14. The van der Waals surface area contributed by atoms with Crippen molar-refractivity contribution in [3.63, 3.8) is 0 Å². The van der Waals surface area contributed by atoms with Gasteiger partial charge in [0.05, 0.1) is 32.5 Å². The molecule has 2 fully saturated rings. The Morgan fingerprint density at radius 1 is 1.08 bits per heavy atom. The average molecular weight is 505 g/mol. The number of esters is 1. The molecule has 1 aliphatic carbocycles. The number of amides is 1. The molecule has 2 N–H and O–H groups in total. The summed E-state index contributed by atoms with van der Waals surface area (Å²) in [7, 11) is 1.41. The lowest BCUT2D eigenvalue weighted by Crippen LogP contribution is -2.56. The Hall–Kier alpha value is -2.32. The van der Waals surface area contributed by atoms with Gasteiger partial charge < -0.3 is 29.6 Å². The summed E-state index contributed by atoms with van der Waals surface area (Å²) in [6.07, 6.45) is 6.89. The third-order valence-corrected chi connectivity index (χ3v) is 6.84. The van der Waals surface area contributed by atoms with E-state index in [-0.39, 0.29) is 30.3 Å². The van der Waals surface area contributed by atoms with Gasteiger partial charge in [0.25, 0.3) is 0 Å². The standard InChI is InChI=1S/C28H44N2O6/c1-28(2,3)36-27(32)30-23-10-7-17-29-24(23)19-35-21-15-13-20(14-16-21)22-9-5-6-11-25(22)34-18-8-12-26(31)33-4/h5-6,9,11,20-21,23-24,29H,7-8,10,12-19H2,1-4H3,(H,30,32)/t20?,21?,23-,24-/m0/s1. The minimum Gasteiger partial charge on any atom is -0.493 e. The van der Waals surface area contributed by atoms with E-state index < -0.39 is 5.60 Å². The first-order chi connectivity index (χ1) is 17.2. The fourth-order valence-corrected chi connectivity index (χ4v) is 4.99. The molecule has 36 heavy (non-hydrogen) atoms. The first-order valence-corrected chi connectivity index (χ1v) is 13.4.